The molecule has 2 heterocycles. The van der Waals surface area contributed by atoms with Crippen molar-refractivity contribution in [3.8, 4) is 0 Å². The number of carboxylic acids is 1. The number of hydrogen-bond acceptors (Lipinski definition) is 4. The highest BCUT2D eigenvalue weighted by atomic mass is 16.4. The summed E-state index contributed by atoms with van der Waals surface area (Å²) in [7, 11) is 0. The van der Waals surface area contributed by atoms with Crippen LogP contribution < -0.4 is 10.2 Å². The maximum absolute atomic E-state index is 11.4. The van der Waals surface area contributed by atoms with Gasteiger partial charge in [-0.3, -0.25) is 4.79 Å². The molecule has 1 aliphatic rings. The van der Waals surface area contributed by atoms with Crippen LogP contribution in [0.3, 0.4) is 0 Å². The maximum Gasteiger partial charge on any atom is 0.354 e. The Balaban J connectivity index is 2.15. The first-order valence-corrected chi connectivity index (χ1v) is 5.38. The summed E-state index contributed by atoms with van der Waals surface area (Å²) in [5.41, 5.74) is 0.778. The molecule has 1 fully saturated rings. The number of carbonyl (C=O) groups excluding carboxylic acids is 1. The third-order valence-electron chi connectivity index (χ3n) is 2.59. The predicted octanol–water partition coefficient (Wildman–Crippen LogP) is 0.106. The number of carbonyl (C=O) groups is 2. The van der Waals surface area contributed by atoms with E-state index in [1.54, 1.807) is 6.07 Å². The van der Waals surface area contributed by atoms with E-state index in [9.17, 15) is 9.59 Å². The third kappa shape index (κ3) is 2.72. The fourth-order valence-electron chi connectivity index (χ4n) is 1.73. The molecule has 0 saturated carbocycles. The normalized spacial score (nSPS) is 16.2. The number of amides is 1. The number of carboxylic acid groups (broad SMARTS) is 1. The van der Waals surface area contributed by atoms with Crippen LogP contribution in [0.4, 0.5) is 5.69 Å². The molecular weight excluding hydrogens is 222 g/mol. The largest absolute Gasteiger partial charge is 0.477 e. The molecule has 0 bridgehead atoms. The fraction of sp³-hybridized carbons (Fsp3) is 0.364. The molecule has 1 aromatic heterocycles. The van der Waals surface area contributed by atoms with Crippen molar-refractivity contribution in [2.24, 2.45) is 0 Å². The van der Waals surface area contributed by atoms with Crippen LogP contribution >= 0.6 is 0 Å². The smallest absolute Gasteiger partial charge is 0.354 e. The Kier molecular flexibility index (Phi) is 3.22. The summed E-state index contributed by atoms with van der Waals surface area (Å²) in [6.45, 7) is 1.72. The van der Waals surface area contributed by atoms with Gasteiger partial charge >= 0.3 is 5.97 Å². The number of nitrogens with zero attached hydrogens (tertiary/aromatic N) is 2. The van der Waals surface area contributed by atoms with Gasteiger partial charge in [0.05, 0.1) is 18.4 Å². The third-order valence-corrected chi connectivity index (χ3v) is 2.59. The Labute approximate surface area is 98.3 Å². The minimum Gasteiger partial charge on any atom is -0.477 e. The first-order valence-electron chi connectivity index (χ1n) is 5.38. The van der Waals surface area contributed by atoms with E-state index in [0.29, 0.717) is 6.54 Å². The van der Waals surface area contributed by atoms with E-state index in [4.69, 9.17) is 5.11 Å². The fourth-order valence-corrected chi connectivity index (χ4v) is 1.73. The van der Waals surface area contributed by atoms with E-state index < -0.39 is 5.97 Å². The van der Waals surface area contributed by atoms with Crippen molar-refractivity contribution in [3.05, 3.63) is 24.0 Å². The highest BCUT2D eigenvalue weighted by Crippen LogP contribution is 2.14. The molecule has 17 heavy (non-hydrogen) atoms. The van der Waals surface area contributed by atoms with E-state index in [-0.39, 0.29) is 18.1 Å². The van der Waals surface area contributed by atoms with Crippen molar-refractivity contribution in [3.63, 3.8) is 0 Å². The quantitative estimate of drug-likeness (QED) is 0.760. The topological polar surface area (TPSA) is 82.5 Å². The second-order valence-electron chi connectivity index (χ2n) is 3.83. The van der Waals surface area contributed by atoms with E-state index in [1.165, 1.54) is 12.3 Å². The van der Waals surface area contributed by atoms with E-state index in [1.807, 2.05) is 4.90 Å². The summed E-state index contributed by atoms with van der Waals surface area (Å²) in [6, 6.07) is 3.12. The number of aromatic nitrogens is 1. The van der Waals surface area contributed by atoms with Crippen molar-refractivity contribution < 1.29 is 14.7 Å². The van der Waals surface area contributed by atoms with Gasteiger partial charge < -0.3 is 15.3 Å². The van der Waals surface area contributed by atoms with Crippen LogP contribution in [-0.2, 0) is 4.79 Å². The first-order chi connectivity index (χ1) is 8.16. The minimum absolute atomic E-state index is 0.00743. The Morgan fingerprint density at radius 3 is 2.94 bits per heavy atom. The second kappa shape index (κ2) is 4.82. The van der Waals surface area contributed by atoms with Crippen molar-refractivity contribution in [1.29, 1.82) is 0 Å². The lowest BCUT2D eigenvalue weighted by atomic mass is 10.3. The summed E-state index contributed by atoms with van der Waals surface area (Å²) in [5.74, 6) is -1.07. The van der Waals surface area contributed by atoms with Gasteiger partial charge in [-0.1, -0.05) is 0 Å². The molecule has 0 spiro atoms. The number of pyridine rings is 1. The van der Waals surface area contributed by atoms with E-state index >= 15 is 0 Å². The van der Waals surface area contributed by atoms with Crippen LogP contribution in [0.5, 0.6) is 0 Å². The van der Waals surface area contributed by atoms with Gasteiger partial charge in [-0.05, 0) is 18.6 Å². The molecule has 1 aromatic rings. The molecule has 1 amide bonds. The molecule has 2 N–H and O–H groups in total. The minimum atomic E-state index is -1.05. The van der Waals surface area contributed by atoms with Crippen LogP contribution in [0, 0.1) is 0 Å². The van der Waals surface area contributed by atoms with Crippen molar-refractivity contribution in [2.45, 2.75) is 6.42 Å². The van der Waals surface area contributed by atoms with E-state index in [0.717, 1.165) is 18.7 Å². The molecule has 1 aliphatic heterocycles. The molecule has 1 saturated heterocycles. The molecule has 0 atom stereocenters. The molecular formula is C11H13N3O3. The highest BCUT2D eigenvalue weighted by Gasteiger charge is 2.15. The Morgan fingerprint density at radius 1 is 1.47 bits per heavy atom. The van der Waals surface area contributed by atoms with Gasteiger partial charge in [-0.2, -0.15) is 0 Å². The van der Waals surface area contributed by atoms with Gasteiger partial charge in [0.1, 0.15) is 5.69 Å². The molecule has 2 rings (SSSR count). The molecule has 0 unspecified atom stereocenters. The Hall–Kier alpha value is -2.11. The SMILES string of the molecule is O=C1CN(c2ccc(C(=O)O)nc2)CCCN1. The second-order valence-corrected chi connectivity index (χ2v) is 3.83. The summed E-state index contributed by atoms with van der Waals surface area (Å²) >= 11 is 0. The average molecular weight is 235 g/mol. The van der Waals surface area contributed by atoms with Gasteiger partial charge in [-0.25, -0.2) is 9.78 Å². The van der Waals surface area contributed by atoms with E-state index in [2.05, 4.69) is 10.3 Å². The Bertz CT molecular complexity index is 430. The van der Waals surface area contributed by atoms with Gasteiger partial charge in [0.25, 0.3) is 0 Å². The summed E-state index contributed by atoms with van der Waals surface area (Å²) in [4.78, 5) is 27.8. The summed E-state index contributed by atoms with van der Waals surface area (Å²) in [5, 5.41) is 11.5. The van der Waals surface area contributed by atoms with Crippen molar-refractivity contribution in [2.75, 3.05) is 24.5 Å². The van der Waals surface area contributed by atoms with Crippen LogP contribution in [0.2, 0.25) is 0 Å². The lowest BCUT2D eigenvalue weighted by Gasteiger charge is -2.20. The standard InChI is InChI=1S/C11H13N3O3/c15-10-7-14(5-1-4-12-10)8-2-3-9(11(16)17)13-6-8/h2-3,6H,1,4-5,7H2,(H,12,15)(H,16,17). The molecule has 0 radical (unpaired) electrons. The van der Waals surface area contributed by atoms with Crippen LogP contribution in [0.1, 0.15) is 16.9 Å². The lowest BCUT2D eigenvalue weighted by Crippen LogP contribution is -2.33. The molecule has 6 nitrogen and oxygen atoms in total. The number of nitrogens with one attached hydrogen (secondary N) is 1. The van der Waals surface area contributed by atoms with Crippen LogP contribution in [-0.4, -0.2) is 41.6 Å². The molecule has 0 aliphatic carbocycles. The number of hydrogen-bond donors (Lipinski definition) is 2. The first kappa shape index (κ1) is 11.4. The zero-order valence-corrected chi connectivity index (χ0v) is 9.22. The summed E-state index contributed by atoms with van der Waals surface area (Å²) in [6.07, 6.45) is 2.36. The summed E-state index contributed by atoms with van der Waals surface area (Å²) < 4.78 is 0. The molecule has 90 valence electrons. The predicted molar refractivity (Wildman–Crippen MR) is 61.0 cm³/mol. The zero-order chi connectivity index (χ0) is 12.3. The highest BCUT2D eigenvalue weighted by molar-refractivity contribution is 5.86. The monoisotopic (exact) mass is 235 g/mol. The lowest BCUT2D eigenvalue weighted by molar-refractivity contribution is -0.119. The average Bonchev–Trinajstić information content (AvgIpc) is 2.54. The molecule has 0 aromatic carbocycles. The zero-order valence-electron chi connectivity index (χ0n) is 9.22. The van der Waals surface area contributed by atoms with Gasteiger partial charge in [-0.15, -0.1) is 0 Å². The Morgan fingerprint density at radius 2 is 2.29 bits per heavy atom. The van der Waals surface area contributed by atoms with Gasteiger partial charge in [0, 0.05) is 13.1 Å². The number of anilines is 1. The van der Waals surface area contributed by atoms with Crippen LogP contribution in [0.15, 0.2) is 18.3 Å². The van der Waals surface area contributed by atoms with Gasteiger partial charge in [0.15, 0.2) is 0 Å². The number of aromatic carboxylic acids is 1. The molecule has 6 heteroatoms. The number of rotatable bonds is 2. The van der Waals surface area contributed by atoms with Gasteiger partial charge in [0.2, 0.25) is 5.91 Å². The van der Waals surface area contributed by atoms with Crippen molar-refractivity contribution >= 4 is 17.6 Å². The van der Waals surface area contributed by atoms with Crippen molar-refractivity contribution in [1.82, 2.24) is 10.3 Å². The van der Waals surface area contributed by atoms with Crippen LogP contribution in [0.25, 0.3) is 0 Å². The maximum atomic E-state index is 11.4.